The van der Waals surface area contributed by atoms with Gasteiger partial charge in [-0.2, -0.15) is 0 Å². The molecule has 3 N–H and O–H groups in total. The quantitative estimate of drug-likeness (QED) is 0.794. The van der Waals surface area contributed by atoms with Crippen LogP contribution in [0, 0.1) is 5.41 Å². The molecule has 0 atom stereocenters. The second-order valence-electron chi connectivity index (χ2n) is 8.11. The summed E-state index contributed by atoms with van der Waals surface area (Å²) in [5, 5.41) is 2.71. The van der Waals surface area contributed by atoms with Crippen LogP contribution < -0.4 is 11.1 Å². The van der Waals surface area contributed by atoms with Crippen LogP contribution in [0.2, 0.25) is 0 Å². The molecule has 0 aliphatic carbocycles. The van der Waals surface area contributed by atoms with Gasteiger partial charge in [0.15, 0.2) is 0 Å². The summed E-state index contributed by atoms with van der Waals surface area (Å²) in [6.07, 6.45) is 0.743. The number of hydrogen-bond acceptors (Lipinski definition) is 3. The van der Waals surface area contributed by atoms with Crippen molar-refractivity contribution in [2.75, 3.05) is 26.7 Å². The molecule has 0 radical (unpaired) electrons. The zero-order valence-corrected chi connectivity index (χ0v) is 16.1. The van der Waals surface area contributed by atoms with Crippen LogP contribution in [0.1, 0.15) is 51.2 Å². The van der Waals surface area contributed by atoms with Crippen molar-refractivity contribution in [1.29, 1.82) is 0 Å². The summed E-state index contributed by atoms with van der Waals surface area (Å²) in [6.45, 7) is 10.2. The van der Waals surface area contributed by atoms with Crippen LogP contribution in [-0.4, -0.2) is 43.4 Å². The highest BCUT2D eigenvalue weighted by Gasteiger charge is 2.50. The lowest BCUT2D eigenvalue weighted by Gasteiger charge is -2.50. The second kappa shape index (κ2) is 7.16. The lowest BCUT2D eigenvalue weighted by molar-refractivity contribution is -0.133. The molecule has 1 aromatic rings. The van der Waals surface area contributed by atoms with Gasteiger partial charge in [0.1, 0.15) is 0 Å². The van der Waals surface area contributed by atoms with Crippen LogP contribution >= 0.6 is 0 Å². The predicted molar refractivity (Wildman–Crippen MR) is 100 cm³/mol. The maximum absolute atomic E-state index is 12.3. The molecule has 2 rings (SSSR count). The van der Waals surface area contributed by atoms with Crippen molar-refractivity contribution in [3.8, 4) is 0 Å². The van der Waals surface area contributed by atoms with E-state index < -0.39 is 10.8 Å². The maximum Gasteiger partial charge on any atom is 0.230 e. The summed E-state index contributed by atoms with van der Waals surface area (Å²) in [6, 6.07) is 8.10. The van der Waals surface area contributed by atoms with Crippen LogP contribution in [0.3, 0.4) is 0 Å². The molecule has 0 saturated carbocycles. The normalized spacial score (nSPS) is 17.2. The molecular formula is C20H31N3O2. The first kappa shape index (κ1) is 19.4. The molecule has 5 heteroatoms. The molecule has 1 aromatic carbocycles. The SMILES string of the molecule is CNC(=O)C(C)(C)CCN1CC(C(N)=O)(c2ccccc2C(C)C)C1. The molecule has 25 heavy (non-hydrogen) atoms. The van der Waals surface area contributed by atoms with E-state index in [4.69, 9.17) is 5.73 Å². The van der Waals surface area contributed by atoms with Gasteiger partial charge in [-0.1, -0.05) is 52.0 Å². The average Bonchev–Trinajstić information content (AvgIpc) is 2.52. The van der Waals surface area contributed by atoms with E-state index in [-0.39, 0.29) is 11.8 Å². The number of amides is 2. The highest BCUT2D eigenvalue weighted by molar-refractivity contribution is 5.89. The lowest BCUT2D eigenvalue weighted by atomic mass is 9.69. The summed E-state index contributed by atoms with van der Waals surface area (Å²) in [5.74, 6) is 0.121. The van der Waals surface area contributed by atoms with Crippen LogP contribution in [0.5, 0.6) is 0 Å². The minimum absolute atomic E-state index is 0.0411. The first-order chi connectivity index (χ1) is 11.6. The standard InChI is InChI=1S/C20H31N3O2/c1-14(2)15-8-6-7-9-16(15)20(17(21)24)12-23(13-20)11-10-19(3,4)18(25)22-5/h6-9,14H,10-13H2,1-5H3,(H2,21,24)(H,22,25). The summed E-state index contributed by atoms with van der Waals surface area (Å²) < 4.78 is 0. The minimum Gasteiger partial charge on any atom is -0.369 e. The number of rotatable bonds is 7. The Balaban J connectivity index is 2.12. The number of carbonyl (C=O) groups excluding carboxylic acids is 2. The van der Waals surface area contributed by atoms with Crippen molar-refractivity contribution in [2.24, 2.45) is 11.1 Å². The van der Waals surface area contributed by atoms with E-state index in [2.05, 4.69) is 30.1 Å². The van der Waals surface area contributed by atoms with Crippen molar-refractivity contribution < 1.29 is 9.59 Å². The molecule has 5 nitrogen and oxygen atoms in total. The fraction of sp³-hybridized carbons (Fsp3) is 0.600. The molecule has 0 aromatic heterocycles. The molecule has 1 heterocycles. The predicted octanol–water partition coefficient (Wildman–Crippen LogP) is 2.01. The third kappa shape index (κ3) is 3.71. The molecular weight excluding hydrogens is 314 g/mol. The molecule has 0 spiro atoms. The Hall–Kier alpha value is -1.88. The number of likely N-dealkylation sites (tertiary alicyclic amines) is 1. The maximum atomic E-state index is 12.3. The molecule has 1 aliphatic heterocycles. The van der Waals surface area contributed by atoms with Crippen molar-refractivity contribution in [1.82, 2.24) is 10.2 Å². The van der Waals surface area contributed by atoms with Gasteiger partial charge in [0.2, 0.25) is 11.8 Å². The van der Waals surface area contributed by atoms with E-state index in [1.807, 2.05) is 32.0 Å². The van der Waals surface area contributed by atoms with Gasteiger partial charge in [-0.3, -0.25) is 9.59 Å². The largest absolute Gasteiger partial charge is 0.369 e. The van der Waals surface area contributed by atoms with Gasteiger partial charge in [0.25, 0.3) is 0 Å². The smallest absolute Gasteiger partial charge is 0.230 e. The zero-order chi connectivity index (χ0) is 18.8. The highest BCUT2D eigenvalue weighted by atomic mass is 16.2. The van der Waals surface area contributed by atoms with Crippen LogP contribution in [0.15, 0.2) is 24.3 Å². The lowest BCUT2D eigenvalue weighted by Crippen LogP contribution is -2.66. The third-order valence-corrected chi connectivity index (χ3v) is 5.45. The number of nitrogens with one attached hydrogen (secondary N) is 1. The number of carbonyl (C=O) groups is 2. The van der Waals surface area contributed by atoms with E-state index >= 15 is 0 Å². The van der Waals surface area contributed by atoms with Crippen molar-refractivity contribution in [3.63, 3.8) is 0 Å². The van der Waals surface area contributed by atoms with E-state index in [1.54, 1.807) is 7.05 Å². The average molecular weight is 345 g/mol. The zero-order valence-electron chi connectivity index (χ0n) is 16.1. The van der Waals surface area contributed by atoms with E-state index in [9.17, 15) is 9.59 Å². The molecule has 0 unspecified atom stereocenters. The fourth-order valence-corrected chi connectivity index (χ4v) is 3.66. The van der Waals surface area contributed by atoms with Gasteiger partial charge < -0.3 is 16.0 Å². The number of primary amides is 1. The van der Waals surface area contributed by atoms with Gasteiger partial charge in [-0.15, -0.1) is 0 Å². The Bertz CT molecular complexity index is 646. The van der Waals surface area contributed by atoms with Gasteiger partial charge in [0.05, 0.1) is 5.41 Å². The molecule has 0 bridgehead atoms. The Kier molecular flexibility index (Phi) is 5.57. The van der Waals surface area contributed by atoms with Crippen LogP contribution in [-0.2, 0) is 15.0 Å². The van der Waals surface area contributed by atoms with E-state index in [0.29, 0.717) is 19.0 Å². The first-order valence-corrected chi connectivity index (χ1v) is 8.98. The Morgan fingerprint density at radius 1 is 1.28 bits per heavy atom. The van der Waals surface area contributed by atoms with Gasteiger partial charge >= 0.3 is 0 Å². The molecule has 1 aliphatic rings. The van der Waals surface area contributed by atoms with Crippen molar-refractivity contribution in [2.45, 2.75) is 45.4 Å². The number of hydrogen-bond donors (Lipinski definition) is 2. The number of nitrogens with zero attached hydrogens (tertiary/aromatic N) is 1. The van der Waals surface area contributed by atoms with E-state index in [0.717, 1.165) is 18.5 Å². The minimum atomic E-state index is -0.613. The summed E-state index contributed by atoms with van der Waals surface area (Å²) >= 11 is 0. The highest BCUT2D eigenvalue weighted by Crippen LogP contribution is 2.39. The summed E-state index contributed by atoms with van der Waals surface area (Å²) in [7, 11) is 1.66. The van der Waals surface area contributed by atoms with Crippen molar-refractivity contribution in [3.05, 3.63) is 35.4 Å². The second-order valence-corrected chi connectivity index (χ2v) is 8.11. The Morgan fingerprint density at radius 2 is 1.88 bits per heavy atom. The molecule has 138 valence electrons. The summed E-state index contributed by atoms with van der Waals surface area (Å²) in [5.41, 5.74) is 7.03. The van der Waals surface area contributed by atoms with Crippen molar-refractivity contribution >= 4 is 11.8 Å². The topological polar surface area (TPSA) is 75.4 Å². The number of benzene rings is 1. The van der Waals surface area contributed by atoms with Gasteiger partial charge in [0, 0.05) is 25.6 Å². The first-order valence-electron chi connectivity index (χ1n) is 8.98. The molecule has 1 fully saturated rings. The van der Waals surface area contributed by atoms with Crippen LogP contribution in [0.4, 0.5) is 0 Å². The van der Waals surface area contributed by atoms with Crippen LogP contribution in [0.25, 0.3) is 0 Å². The third-order valence-electron chi connectivity index (χ3n) is 5.45. The van der Waals surface area contributed by atoms with Gasteiger partial charge in [-0.05, 0) is 30.0 Å². The number of nitrogens with two attached hydrogens (primary N) is 1. The molecule has 2 amide bonds. The summed E-state index contributed by atoms with van der Waals surface area (Å²) in [4.78, 5) is 26.5. The van der Waals surface area contributed by atoms with E-state index in [1.165, 1.54) is 5.56 Å². The molecule has 1 saturated heterocycles. The fourth-order valence-electron chi connectivity index (χ4n) is 3.66. The van der Waals surface area contributed by atoms with Gasteiger partial charge in [-0.25, -0.2) is 0 Å². The Labute approximate surface area is 151 Å². The monoisotopic (exact) mass is 345 g/mol. The Morgan fingerprint density at radius 3 is 2.40 bits per heavy atom.